The maximum atomic E-state index is 12.2. The number of amides is 2. The molecule has 3 aromatic heterocycles. The van der Waals surface area contributed by atoms with Crippen LogP contribution in [0.5, 0.6) is 0 Å². The van der Waals surface area contributed by atoms with Crippen molar-refractivity contribution in [2.75, 3.05) is 43.0 Å². The summed E-state index contributed by atoms with van der Waals surface area (Å²) in [5, 5.41) is 8.82. The zero-order chi connectivity index (χ0) is 18.7. The van der Waals surface area contributed by atoms with Crippen LogP contribution in [0, 0.1) is 13.8 Å². The Balaban J connectivity index is 1.36. The molecule has 5 rings (SSSR count). The number of hydrogen-bond donors (Lipinski definition) is 0. The van der Waals surface area contributed by atoms with Gasteiger partial charge in [-0.3, -0.25) is 9.58 Å². The van der Waals surface area contributed by atoms with Gasteiger partial charge in [0.1, 0.15) is 12.1 Å². The average molecular weight is 367 g/mol. The Hall–Kier alpha value is -3.17. The molecule has 10 nitrogen and oxygen atoms in total. The van der Waals surface area contributed by atoms with Gasteiger partial charge in [-0.05, 0) is 13.8 Å². The lowest BCUT2D eigenvalue weighted by Crippen LogP contribution is -2.49. The lowest BCUT2D eigenvalue weighted by molar-refractivity contribution is 0.229. The molecule has 3 aromatic rings. The second kappa shape index (κ2) is 5.66. The van der Waals surface area contributed by atoms with Crippen molar-refractivity contribution in [2.24, 2.45) is 0 Å². The van der Waals surface area contributed by atoms with E-state index in [1.165, 1.54) is 6.33 Å². The average Bonchev–Trinajstić information content (AvgIpc) is 3.32. The van der Waals surface area contributed by atoms with Crippen LogP contribution in [-0.4, -0.2) is 73.5 Å². The standard InChI is InChI=1S/C17H21N9O/c1-11-12(2)21-16-18-10-20-26(16)15(11)23-7-14(8-23)25-9-13(6-19-25)24-5-4-22(3)17(24)27/h6,9-10,14H,4-5,7-8H2,1-3H3. The number of aromatic nitrogens is 6. The molecule has 0 aromatic carbocycles. The van der Waals surface area contributed by atoms with Crippen LogP contribution < -0.4 is 9.80 Å². The minimum absolute atomic E-state index is 0.0289. The number of hydrogen-bond acceptors (Lipinski definition) is 6. The molecule has 0 spiro atoms. The molecular formula is C17H21N9O. The fourth-order valence-electron chi connectivity index (χ4n) is 3.74. The van der Waals surface area contributed by atoms with Crippen molar-refractivity contribution in [3.8, 4) is 0 Å². The minimum Gasteiger partial charge on any atom is -0.352 e. The lowest BCUT2D eigenvalue weighted by atomic mass is 10.1. The third kappa shape index (κ3) is 2.36. The van der Waals surface area contributed by atoms with Gasteiger partial charge in [0.25, 0.3) is 5.78 Å². The largest absolute Gasteiger partial charge is 0.352 e. The zero-order valence-electron chi connectivity index (χ0n) is 15.6. The highest BCUT2D eigenvalue weighted by atomic mass is 16.2. The van der Waals surface area contributed by atoms with Crippen LogP contribution in [-0.2, 0) is 0 Å². The molecule has 2 aliphatic rings. The summed E-state index contributed by atoms with van der Waals surface area (Å²) in [6, 6.07) is 0.293. The summed E-state index contributed by atoms with van der Waals surface area (Å²) in [5.41, 5.74) is 2.93. The van der Waals surface area contributed by atoms with Gasteiger partial charge in [-0.2, -0.15) is 19.7 Å². The molecule has 5 heterocycles. The number of urea groups is 1. The van der Waals surface area contributed by atoms with E-state index in [9.17, 15) is 4.79 Å². The number of carbonyl (C=O) groups is 1. The first-order valence-electron chi connectivity index (χ1n) is 9.01. The van der Waals surface area contributed by atoms with Gasteiger partial charge in [0.05, 0.1) is 17.9 Å². The van der Waals surface area contributed by atoms with Crippen LogP contribution in [0.1, 0.15) is 17.3 Å². The summed E-state index contributed by atoms with van der Waals surface area (Å²) in [6.45, 7) is 7.16. The summed E-state index contributed by atoms with van der Waals surface area (Å²) in [5.74, 6) is 1.66. The van der Waals surface area contributed by atoms with Gasteiger partial charge in [0.2, 0.25) is 0 Å². The minimum atomic E-state index is 0.0289. The van der Waals surface area contributed by atoms with Gasteiger partial charge in [-0.25, -0.2) is 9.78 Å². The summed E-state index contributed by atoms with van der Waals surface area (Å²) >= 11 is 0. The van der Waals surface area contributed by atoms with Crippen molar-refractivity contribution in [1.82, 2.24) is 34.3 Å². The van der Waals surface area contributed by atoms with E-state index in [-0.39, 0.29) is 12.1 Å². The molecular weight excluding hydrogens is 346 g/mol. The maximum absolute atomic E-state index is 12.2. The van der Waals surface area contributed by atoms with Crippen molar-refractivity contribution in [3.63, 3.8) is 0 Å². The predicted octanol–water partition coefficient (Wildman–Crippen LogP) is 0.871. The molecule has 0 bridgehead atoms. The van der Waals surface area contributed by atoms with E-state index >= 15 is 0 Å². The topological polar surface area (TPSA) is 87.7 Å². The molecule has 2 saturated heterocycles. The van der Waals surface area contributed by atoms with Crippen LogP contribution in [0.4, 0.5) is 16.3 Å². The van der Waals surface area contributed by atoms with Crippen molar-refractivity contribution < 1.29 is 4.79 Å². The second-order valence-corrected chi connectivity index (χ2v) is 7.21. The van der Waals surface area contributed by atoms with Crippen molar-refractivity contribution in [2.45, 2.75) is 19.9 Å². The molecule has 0 N–H and O–H groups in total. The van der Waals surface area contributed by atoms with Crippen LogP contribution in [0.3, 0.4) is 0 Å². The van der Waals surface area contributed by atoms with Gasteiger partial charge in [-0.15, -0.1) is 0 Å². The Morgan fingerprint density at radius 2 is 1.96 bits per heavy atom. The predicted molar refractivity (Wildman–Crippen MR) is 99.1 cm³/mol. The smallest absolute Gasteiger partial charge is 0.324 e. The Labute approximate surface area is 156 Å². The van der Waals surface area contributed by atoms with E-state index in [0.717, 1.165) is 42.4 Å². The molecule has 140 valence electrons. The molecule has 0 aliphatic carbocycles. The number of anilines is 2. The molecule has 0 radical (unpaired) electrons. The number of rotatable bonds is 3. The highest BCUT2D eigenvalue weighted by molar-refractivity contribution is 5.93. The quantitative estimate of drug-likeness (QED) is 0.683. The third-order valence-electron chi connectivity index (χ3n) is 5.53. The number of aryl methyl sites for hydroxylation is 1. The fraction of sp³-hybridized carbons (Fsp3) is 0.471. The summed E-state index contributed by atoms with van der Waals surface area (Å²) in [7, 11) is 1.82. The van der Waals surface area contributed by atoms with E-state index in [2.05, 4.69) is 32.0 Å². The number of likely N-dealkylation sites (N-methyl/N-ethyl adjacent to an activating group) is 1. The molecule has 2 amide bonds. The van der Waals surface area contributed by atoms with Crippen LogP contribution in [0.2, 0.25) is 0 Å². The summed E-state index contributed by atoms with van der Waals surface area (Å²) < 4.78 is 3.76. The molecule has 2 aliphatic heterocycles. The van der Waals surface area contributed by atoms with Gasteiger partial charge in [0.15, 0.2) is 0 Å². The normalized spacial score (nSPS) is 18.0. The van der Waals surface area contributed by atoms with Crippen molar-refractivity contribution in [3.05, 3.63) is 30.0 Å². The maximum Gasteiger partial charge on any atom is 0.324 e. The first-order valence-corrected chi connectivity index (χ1v) is 9.01. The number of fused-ring (bicyclic) bond motifs is 1. The highest BCUT2D eigenvalue weighted by Crippen LogP contribution is 2.32. The van der Waals surface area contributed by atoms with Crippen LogP contribution >= 0.6 is 0 Å². The van der Waals surface area contributed by atoms with Gasteiger partial charge < -0.3 is 9.80 Å². The Bertz CT molecular complexity index is 1030. The Morgan fingerprint density at radius 3 is 2.70 bits per heavy atom. The molecule has 0 unspecified atom stereocenters. The van der Waals surface area contributed by atoms with Crippen LogP contribution in [0.25, 0.3) is 5.78 Å². The zero-order valence-corrected chi connectivity index (χ0v) is 15.6. The van der Waals surface area contributed by atoms with E-state index in [4.69, 9.17) is 0 Å². The SMILES string of the molecule is Cc1nc2ncnn2c(N2CC(n3cc(N4CCN(C)C4=O)cn3)C2)c1C. The molecule has 0 atom stereocenters. The van der Waals surface area contributed by atoms with Gasteiger partial charge >= 0.3 is 6.03 Å². The summed E-state index contributed by atoms with van der Waals surface area (Å²) in [6.07, 6.45) is 5.28. The molecule has 10 heteroatoms. The van der Waals surface area contributed by atoms with E-state index in [1.807, 2.05) is 24.9 Å². The van der Waals surface area contributed by atoms with Crippen molar-refractivity contribution >= 4 is 23.3 Å². The Kier molecular flexibility index (Phi) is 3.36. The fourth-order valence-corrected chi connectivity index (χ4v) is 3.74. The number of nitrogens with zero attached hydrogens (tertiary/aromatic N) is 9. The van der Waals surface area contributed by atoms with Crippen LogP contribution in [0.15, 0.2) is 18.7 Å². The highest BCUT2D eigenvalue weighted by Gasteiger charge is 2.34. The van der Waals surface area contributed by atoms with Crippen molar-refractivity contribution in [1.29, 1.82) is 0 Å². The Morgan fingerprint density at radius 1 is 1.15 bits per heavy atom. The molecule has 27 heavy (non-hydrogen) atoms. The summed E-state index contributed by atoms with van der Waals surface area (Å²) in [4.78, 5) is 26.6. The van der Waals surface area contributed by atoms with E-state index in [0.29, 0.717) is 12.3 Å². The lowest BCUT2D eigenvalue weighted by Gasteiger charge is -2.41. The monoisotopic (exact) mass is 367 g/mol. The van der Waals surface area contributed by atoms with E-state index < -0.39 is 0 Å². The second-order valence-electron chi connectivity index (χ2n) is 7.21. The molecule has 0 saturated carbocycles. The third-order valence-corrected chi connectivity index (χ3v) is 5.53. The molecule has 2 fully saturated rings. The first kappa shape index (κ1) is 16.0. The first-order chi connectivity index (χ1) is 13.0. The van der Waals surface area contributed by atoms with Gasteiger partial charge in [-0.1, -0.05) is 0 Å². The van der Waals surface area contributed by atoms with Gasteiger partial charge in [0, 0.05) is 50.7 Å². The van der Waals surface area contributed by atoms with E-state index in [1.54, 1.807) is 20.5 Å². The number of carbonyl (C=O) groups excluding carboxylic acids is 1.